The number of carbonyl (C=O) groups is 1. The number of nitrogens with one attached hydrogen (secondary N) is 1. The van der Waals surface area contributed by atoms with Crippen LogP contribution in [0.25, 0.3) is 0 Å². The Balaban J connectivity index is 2.03. The predicted molar refractivity (Wildman–Crippen MR) is 59.1 cm³/mol. The van der Waals surface area contributed by atoms with Crippen molar-refractivity contribution in [2.24, 2.45) is 0 Å². The van der Waals surface area contributed by atoms with Crippen molar-refractivity contribution in [1.82, 2.24) is 5.32 Å². The lowest BCUT2D eigenvalue weighted by molar-refractivity contribution is -0.117. The van der Waals surface area contributed by atoms with Crippen molar-refractivity contribution in [2.45, 2.75) is 51.9 Å². The quantitative estimate of drug-likeness (QED) is 0.649. The average Bonchev–Trinajstić information content (AvgIpc) is 2.70. The van der Waals surface area contributed by atoms with Crippen LogP contribution in [0.4, 0.5) is 0 Å². The first-order valence-corrected chi connectivity index (χ1v) is 5.82. The van der Waals surface area contributed by atoms with Gasteiger partial charge in [-0.15, -0.1) is 0 Å². The van der Waals surface area contributed by atoms with Crippen LogP contribution in [0.15, 0.2) is 11.6 Å². The lowest BCUT2D eigenvalue weighted by atomic mass is 10.2. The van der Waals surface area contributed by atoms with E-state index in [-0.39, 0.29) is 5.91 Å². The topological polar surface area (TPSA) is 29.1 Å². The van der Waals surface area contributed by atoms with Crippen LogP contribution in [-0.4, -0.2) is 12.5 Å². The zero-order valence-corrected chi connectivity index (χ0v) is 9.14. The molecule has 0 spiro atoms. The summed E-state index contributed by atoms with van der Waals surface area (Å²) in [6, 6.07) is 0. The van der Waals surface area contributed by atoms with Gasteiger partial charge in [0.25, 0.3) is 0 Å². The Labute approximate surface area is 86.8 Å². The summed E-state index contributed by atoms with van der Waals surface area (Å²) in [5.74, 6) is 0.166. The first-order valence-electron chi connectivity index (χ1n) is 5.82. The molecule has 80 valence electrons. The number of hydrogen-bond acceptors (Lipinski definition) is 1. The van der Waals surface area contributed by atoms with Crippen molar-refractivity contribution in [3.8, 4) is 0 Å². The molecule has 0 saturated carbocycles. The van der Waals surface area contributed by atoms with E-state index in [2.05, 4.69) is 18.3 Å². The molecule has 2 heteroatoms. The van der Waals surface area contributed by atoms with E-state index in [0.29, 0.717) is 0 Å². The normalized spacial score (nSPS) is 15.4. The van der Waals surface area contributed by atoms with Crippen LogP contribution in [0.1, 0.15) is 51.9 Å². The van der Waals surface area contributed by atoms with Gasteiger partial charge in [-0.25, -0.2) is 0 Å². The van der Waals surface area contributed by atoms with Gasteiger partial charge in [0, 0.05) is 12.1 Å². The molecule has 2 nitrogen and oxygen atoms in total. The Morgan fingerprint density at radius 2 is 2.29 bits per heavy atom. The third-order valence-corrected chi connectivity index (χ3v) is 2.65. The van der Waals surface area contributed by atoms with E-state index in [9.17, 15) is 4.79 Å². The number of carbonyl (C=O) groups excluding carboxylic acids is 1. The van der Waals surface area contributed by atoms with Crippen molar-refractivity contribution >= 4 is 5.91 Å². The van der Waals surface area contributed by atoms with Crippen molar-refractivity contribution in [1.29, 1.82) is 0 Å². The highest BCUT2D eigenvalue weighted by atomic mass is 16.1. The highest BCUT2D eigenvalue weighted by molar-refractivity contribution is 5.93. The van der Waals surface area contributed by atoms with E-state index >= 15 is 0 Å². The third-order valence-electron chi connectivity index (χ3n) is 2.65. The maximum Gasteiger partial charge on any atom is 0.246 e. The second-order valence-corrected chi connectivity index (χ2v) is 3.94. The molecular weight excluding hydrogens is 174 g/mol. The van der Waals surface area contributed by atoms with Crippen LogP contribution in [0, 0.1) is 0 Å². The van der Waals surface area contributed by atoms with Crippen molar-refractivity contribution in [3.63, 3.8) is 0 Å². The van der Waals surface area contributed by atoms with Gasteiger partial charge in [0.15, 0.2) is 0 Å². The summed E-state index contributed by atoms with van der Waals surface area (Å²) in [6.45, 7) is 3.04. The number of hydrogen-bond donors (Lipinski definition) is 1. The smallest absolute Gasteiger partial charge is 0.246 e. The maximum atomic E-state index is 11.5. The van der Waals surface area contributed by atoms with Crippen LogP contribution in [0.2, 0.25) is 0 Å². The summed E-state index contributed by atoms with van der Waals surface area (Å²) >= 11 is 0. The molecule has 1 N–H and O–H groups in total. The van der Waals surface area contributed by atoms with Gasteiger partial charge in [-0.2, -0.15) is 0 Å². The molecule has 0 saturated heterocycles. The summed E-state index contributed by atoms with van der Waals surface area (Å²) in [5, 5.41) is 2.98. The number of amides is 1. The van der Waals surface area contributed by atoms with Gasteiger partial charge in [-0.05, 0) is 25.7 Å². The van der Waals surface area contributed by atoms with Gasteiger partial charge in [-0.1, -0.05) is 32.3 Å². The van der Waals surface area contributed by atoms with Gasteiger partial charge in [-0.3, -0.25) is 4.79 Å². The van der Waals surface area contributed by atoms with E-state index in [1.165, 1.54) is 19.3 Å². The standard InChI is InChI=1S/C12H21NO/c1-2-3-4-7-10-13-12(14)11-8-5-6-9-11/h8H,2-7,9-10H2,1H3,(H,13,14). The Bertz CT molecular complexity index is 208. The molecule has 0 unspecified atom stereocenters. The van der Waals surface area contributed by atoms with Gasteiger partial charge < -0.3 is 5.32 Å². The zero-order valence-electron chi connectivity index (χ0n) is 9.14. The summed E-state index contributed by atoms with van der Waals surface area (Å²) in [4.78, 5) is 11.5. The molecule has 0 aromatic heterocycles. The molecule has 0 fully saturated rings. The molecule has 0 aliphatic heterocycles. The molecule has 0 atom stereocenters. The summed E-state index contributed by atoms with van der Waals surface area (Å²) < 4.78 is 0. The number of unbranched alkanes of at least 4 members (excludes halogenated alkanes) is 3. The fourth-order valence-corrected chi connectivity index (χ4v) is 1.74. The van der Waals surface area contributed by atoms with E-state index in [4.69, 9.17) is 0 Å². The lowest BCUT2D eigenvalue weighted by Gasteiger charge is -2.04. The number of allylic oxidation sites excluding steroid dienone is 1. The minimum atomic E-state index is 0.166. The number of rotatable bonds is 6. The van der Waals surface area contributed by atoms with E-state index in [1.54, 1.807) is 0 Å². The fraction of sp³-hybridized carbons (Fsp3) is 0.750. The molecule has 0 bridgehead atoms. The molecule has 0 radical (unpaired) electrons. The van der Waals surface area contributed by atoms with Gasteiger partial charge >= 0.3 is 0 Å². The minimum Gasteiger partial charge on any atom is -0.352 e. The first kappa shape index (κ1) is 11.3. The van der Waals surface area contributed by atoms with E-state index < -0.39 is 0 Å². The van der Waals surface area contributed by atoms with E-state index in [0.717, 1.165) is 37.8 Å². The van der Waals surface area contributed by atoms with Crippen LogP contribution in [-0.2, 0) is 4.79 Å². The van der Waals surface area contributed by atoms with Gasteiger partial charge in [0.2, 0.25) is 5.91 Å². The predicted octanol–water partition coefficient (Wildman–Crippen LogP) is 2.79. The Hall–Kier alpha value is -0.790. The van der Waals surface area contributed by atoms with E-state index in [1.807, 2.05) is 0 Å². The lowest BCUT2D eigenvalue weighted by Crippen LogP contribution is -2.25. The van der Waals surface area contributed by atoms with Crippen molar-refractivity contribution in [3.05, 3.63) is 11.6 Å². The Morgan fingerprint density at radius 1 is 1.43 bits per heavy atom. The average molecular weight is 195 g/mol. The second kappa shape index (κ2) is 6.63. The molecule has 0 aromatic carbocycles. The largest absolute Gasteiger partial charge is 0.352 e. The molecular formula is C12H21NO. The summed E-state index contributed by atoms with van der Waals surface area (Å²) in [5.41, 5.74) is 1.00. The zero-order chi connectivity index (χ0) is 10.2. The van der Waals surface area contributed by atoms with Gasteiger partial charge in [0.1, 0.15) is 0 Å². The molecule has 14 heavy (non-hydrogen) atoms. The summed E-state index contributed by atoms with van der Waals surface area (Å²) in [7, 11) is 0. The molecule has 1 aliphatic rings. The van der Waals surface area contributed by atoms with Crippen LogP contribution >= 0.6 is 0 Å². The monoisotopic (exact) mass is 195 g/mol. The molecule has 1 amide bonds. The fourth-order valence-electron chi connectivity index (χ4n) is 1.74. The van der Waals surface area contributed by atoms with Crippen LogP contribution in [0.5, 0.6) is 0 Å². The minimum absolute atomic E-state index is 0.166. The Kier molecular flexibility index (Phi) is 5.35. The molecule has 1 rings (SSSR count). The molecule has 0 heterocycles. The highest BCUT2D eigenvalue weighted by Gasteiger charge is 2.11. The molecule has 1 aliphatic carbocycles. The Morgan fingerprint density at radius 3 is 2.93 bits per heavy atom. The van der Waals surface area contributed by atoms with Gasteiger partial charge in [0.05, 0.1) is 0 Å². The molecule has 0 aromatic rings. The van der Waals surface area contributed by atoms with Crippen LogP contribution < -0.4 is 5.32 Å². The first-order chi connectivity index (χ1) is 6.84. The SMILES string of the molecule is CCCCCCNC(=O)C1=CCCC1. The second-order valence-electron chi connectivity index (χ2n) is 3.94. The highest BCUT2D eigenvalue weighted by Crippen LogP contribution is 2.17. The van der Waals surface area contributed by atoms with Crippen molar-refractivity contribution < 1.29 is 4.79 Å². The van der Waals surface area contributed by atoms with Crippen LogP contribution in [0.3, 0.4) is 0 Å². The summed E-state index contributed by atoms with van der Waals surface area (Å²) in [6.07, 6.45) is 10.2. The maximum absolute atomic E-state index is 11.5. The van der Waals surface area contributed by atoms with Crippen molar-refractivity contribution in [2.75, 3.05) is 6.54 Å². The third kappa shape index (κ3) is 3.95.